The van der Waals surface area contributed by atoms with E-state index in [1.165, 1.54) is 16.2 Å². The Morgan fingerprint density at radius 1 is 0.913 bits per heavy atom. The van der Waals surface area contributed by atoms with E-state index < -0.39 is 0 Å². The van der Waals surface area contributed by atoms with Crippen molar-refractivity contribution in [1.82, 2.24) is 4.98 Å². The van der Waals surface area contributed by atoms with Crippen LogP contribution in [-0.4, -0.2) is 41.7 Å². The quantitative estimate of drug-likeness (QED) is 0.255. The summed E-state index contributed by atoms with van der Waals surface area (Å²) in [5.74, 6) is 0.0325. The molecule has 46 heavy (non-hydrogen) atoms. The fraction of sp³-hybridized carbons (Fsp3) is 0.314. The lowest BCUT2D eigenvalue weighted by molar-refractivity contribution is -0.123. The number of hydrogen-bond donors (Lipinski definition) is 2. The molecular formula is C35H31N3O6S2. The zero-order chi connectivity index (χ0) is 31.7. The monoisotopic (exact) mass is 653 g/mol. The molecule has 4 unspecified atom stereocenters. The number of ether oxygens (including phenoxy) is 2. The molecule has 3 heterocycles. The highest BCUT2D eigenvalue weighted by molar-refractivity contribution is 8.00. The summed E-state index contributed by atoms with van der Waals surface area (Å²) in [7, 11) is 1.58. The molecule has 0 radical (unpaired) electrons. The molecule has 8 rings (SSSR count). The average molecular weight is 654 g/mol. The number of aromatic amines is 1. The van der Waals surface area contributed by atoms with Crippen LogP contribution >= 0.6 is 23.1 Å². The minimum absolute atomic E-state index is 0.0175. The summed E-state index contributed by atoms with van der Waals surface area (Å²) in [6.07, 6.45) is 0.818. The summed E-state index contributed by atoms with van der Waals surface area (Å²) in [5, 5.41) is 3.80. The van der Waals surface area contributed by atoms with Gasteiger partial charge in [0.2, 0.25) is 11.8 Å². The van der Waals surface area contributed by atoms with Crippen LogP contribution in [0.25, 0.3) is 0 Å². The molecule has 3 amide bonds. The van der Waals surface area contributed by atoms with E-state index in [0.29, 0.717) is 22.9 Å². The second kappa shape index (κ2) is 11.2. The van der Waals surface area contributed by atoms with Gasteiger partial charge in [-0.2, -0.15) is 0 Å². The van der Waals surface area contributed by atoms with E-state index >= 15 is 0 Å². The van der Waals surface area contributed by atoms with Gasteiger partial charge < -0.3 is 19.8 Å². The molecule has 4 aromatic rings. The average Bonchev–Trinajstić information content (AvgIpc) is 3.80. The van der Waals surface area contributed by atoms with Gasteiger partial charge in [0.15, 0.2) is 6.61 Å². The summed E-state index contributed by atoms with van der Waals surface area (Å²) in [5.41, 5.74) is 3.42. The summed E-state index contributed by atoms with van der Waals surface area (Å²) in [6, 6.07) is 22.3. The molecule has 11 heteroatoms. The van der Waals surface area contributed by atoms with Crippen molar-refractivity contribution >= 4 is 52.2 Å². The molecule has 2 saturated carbocycles. The first-order valence-electron chi connectivity index (χ1n) is 15.3. The van der Waals surface area contributed by atoms with E-state index in [-0.39, 0.29) is 70.0 Å². The van der Waals surface area contributed by atoms with Gasteiger partial charge in [-0.05, 0) is 85.2 Å². The summed E-state index contributed by atoms with van der Waals surface area (Å²) < 4.78 is 11.1. The van der Waals surface area contributed by atoms with E-state index in [1.54, 1.807) is 43.1 Å². The van der Waals surface area contributed by atoms with Crippen molar-refractivity contribution < 1.29 is 23.9 Å². The number of carbonyl (C=O) groups excluding carboxylic acids is 3. The Morgan fingerprint density at radius 3 is 2.28 bits per heavy atom. The number of benzene rings is 3. The molecule has 1 saturated heterocycles. The lowest BCUT2D eigenvalue weighted by Crippen LogP contribution is -2.42. The third-order valence-corrected chi connectivity index (χ3v) is 12.6. The third kappa shape index (κ3) is 4.67. The lowest BCUT2D eigenvalue weighted by Gasteiger charge is -2.43. The predicted molar refractivity (Wildman–Crippen MR) is 176 cm³/mol. The second-order valence-electron chi connectivity index (χ2n) is 12.4. The van der Waals surface area contributed by atoms with Crippen LogP contribution in [0.5, 0.6) is 11.5 Å². The Bertz CT molecular complexity index is 1900. The van der Waals surface area contributed by atoms with Gasteiger partial charge in [0.1, 0.15) is 11.5 Å². The SMILES string of the molecule is COc1ccc(N2C(=O)C3C(C2=O)[C@@H]2C[C@H]3C3Sc4[nH]c(=O)sc4[C@H](c4ccc(OCC(=O)Nc5ccc(C)cc5)cc4)C32)cc1. The summed E-state index contributed by atoms with van der Waals surface area (Å²) in [6.45, 7) is 1.86. The summed E-state index contributed by atoms with van der Waals surface area (Å²) >= 11 is 2.89. The van der Waals surface area contributed by atoms with Gasteiger partial charge >= 0.3 is 4.87 Å². The number of nitrogens with zero attached hydrogens (tertiary/aromatic N) is 1. The number of hydrogen-bond acceptors (Lipinski definition) is 8. The number of H-pyrrole nitrogens is 1. The van der Waals surface area contributed by atoms with Gasteiger partial charge in [-0.15, -0.1) is 11.8 Å². The highest BCUT2D eigenvalue weighted by atomic mass is 32.2. The van der Waals surface area contributed by atoms with Crippen molar-refractivity contribution in [3.8, 4) is 11.5 Å². The van der Waals surface area contributed by atoms with E-state index in [9.17, 15) is 19.2 Å². The van der Waals surface area contributed by atoms with Crippen molar-refractivity contribution in [2.24, 2.45) is 29.6 Å². The molecule has 0 spiro atoms. The number of nitrogens with one attached hydrogen (secondary N) is 2. The standard InChI is InChI=1S/C35H31N3O6S2/c1-17-3-7-19(8-4-17)36-25(39)16-44-22-11-5-18(6-12-22)26-27-23-15-24(30(27)45-32-31(26)46-35(42)37-32)29-28(23)33(40)38(34(29)41)20-9-13-21(43-2)14-10-20/h3-14,23-24,26-30H,15-16H2,1-2H3,(H,36,39)(H,37,42)/t23-,24-,26-,27?,28?,29?,30?/m1/s1. The van der Waals surface area contributed by atoms with Crippen LogP contribution in [0.2, 0.25) is 0 Å². The molecule has 2 aliphatic carbocycles. The highest BCUT2D eigenvalue weighted by Gasteiger charge is 2.69. The number of aryl methyl sites for hydroxylation is 1. The number of thioether (sulfide) groups is 1. The molecular weight excluding hydrogens is 623 g/mol. The zero-order valence-corrected chi connectivity index (χ0v) is 26.7. The van der Waals surface area contributed by atoms with Gasteiger partial charge in [0, 0.05) is 21.7 Å². The third-order valence-electron chi connectivity index (χ3n) is 10.00. The molecule has 2 aliphatic heterocycles. The molecule has 2 bridgehead atoms. The molecule has 2 N–H and O–H groups in total. The predicted octanol–water partition coefficient (Wildman–Crippen LogP) is 5.45. The molecule has 9 nitrogen and oxygen atoms in total. The molecule has 7 atom stereocenters. The first-order chi connectivity index (χ1) is 22.3. The largest absolute Gasteiger partial charge is 0.497 e. The number of anilines is 2. The van der Waals surface area contributed by atoms with Crippen LogP contribution in [0.3, 0.4) is 0 Å². The highest BCUT2D eigenvalue weighted by Crippen LogP contribution is 2.68. The van der Waals surface area contributed by atoms with Gasteiger partial charge in [-0.25, -0.2) is 0 Å². The van der Waals surface area contributed by atoms with Gasteiger partial charge in [0.25, 0.3) is 5.91 Å². The number of imide groups is 1. The number of carbonyl (C=O) groups is 3. The molecule has 234 valence electrons. The topological polar surface area (TPSA) is 118 Å². The second-order valence-corrected chi connectivity index (χ2v) is 14.6. The smallest absolute Gasteiger partial charge is 0.305 e. The van der Waals surface area contributed by atoms with E-state index in [1.807, 2.05) is 55.5 Å². The maximum absolute atomic E-state index is 14.0. The fourth-order valence-corrected chi connectivity index (χ4v) is 11.0. The number of aromatic nitrogens is 1. The number of methoxy groups -OCH3 is 1. The number of rotatable bonds is 7. The minimum atomic E-state index is -0.379. The van der Waals surface area contributed by atoms with Crippen molar-refractivity contribution in [3.05, 3.63) is 98.5 Å². The van der Waals surface area contributed by atoms with Crippen molar-refractivity contribution in [3.63, 3.8) is 0 Å². The Kier molecular flexibility index (Phi) is 7.06. The molecule has 4 aliphatic rings. The van der Waals surface area contributed by atoms with E-state index in [0.717, 1.165) is 27.5 Å². The maximum Gasteiger partial charge on any atom is 0.305 e. The van der Waals surface area contributed by atoms with Crippen LogP contribution < -0.4 is 24.6 Å². The van der Waals surface area contributed by atoms with Gasteiger partial charge in [-0.1, -0.05) is 41.2 Å². The Labute approximate surface area is 273 Å². The minimum Gasteiger partial charge on any atom is -0.497 e. The molecule has 1 aromatic heterocycles. The van der Waals surface area contributed by atoms with Gasteiger partial charge in [0.05, 0.1) is 29.7 Å². The van der Waals surface area contributed by atoms with Gasteiger partial charge in [-0.3, -0.25) is 24.1 Å². The molecule has 3 fully saturated rings. The van der Waals surface area contributed by atoms with Crippen LogP contribution in [0.4, 0.5) is 11.4 Å². The van der Waals surface area contributed by atoms with Crippen LogP contribution in [0.1, 0.15) is 28.3 Å². The van der Waals surface area contributed by atoms with Crippen LogP contribution in [0, 0.1) is 36.5 Å². The van der Waals surface area contributed by atoms with E-state index in [2.05, 4.69) is 10.3 Å². The maximum atomic E-state index is 14.0. The van der Waals surface area contributed by atoms with E-state index in [4.69, 9.17) is 9.47 Å². The molecule has 3 aromatic carbocycles. The number of fused-ring (bicyclic) bond motifs is 9. The van der Waals surface area contributed by atoms with Crippen molar-refractivity contribution in [2.45, 2.75) is 29.5 Å². The number of amides is 3. The van der Waals surface area contributed by atoms with Crippen LogP contribution in [0.15, 0.2) is 82.6 Å². The number of thiazole rings is 1. The fourth-order valence-electron chi connectivity index (χ4n) is 8.13. The summed E-state index contributed by atoms with van der Waals surface area (Å²) in [4.78, 5) is 58.2. The Morgan fingerprint density at radius 2 is 1.59 bits per heavy atom. The Hall–Kier alpha value is -4.35. The zero-order valence-electron chi connectivity index (χ0n) is 25.1. The van der Waals surface area contributed by atoms with Crippen molar-refractivity contribution in [2.75, 3.05) is 23.9 Å². The normalized spacial score (nSPS) is 27.3. The first-order valence-corrected chi connectivity index (χ1v) is 17.0. The van der Waals surface area contributed by atoms with Crippen LogP contribution in [-0.2, 0) is 14.4 Å². The van der Waals surface area contributed by atoms with Crippen molar-refractivity contribution in [1.29, 1.82) is 0 Å². The first kappa shape index (κ1) is 29.1. The Balaban J connectivity index is 1.05. The lowest BCUT2D eigenvalue weighted by atomic mass is 9.68.